The maximum absolute atomic E-state index is 12.8. The lowest BCUT2D eigenvalue weighted by Crippen LogP contribution is -2.50. The van der Waals surface area contributed by atoms with Gasteiger partial charge in [-0.1, -0.05) is 68.3 Å². The van der Waals surface area contributed by atoms with Gasteiger partial charge in [0.05, 0.1) is 5.41 Å². The van der Waals surface area contributed by atoms with Gasteiger partial charge in [0.2, 0.25) is 5.91 Å². The molecule has 0 radical (unpaired) electrons. The normalized spacial score (nSPS) is 17.1. The van der Waals surface area contributed by atoms with Gasteiger partial charge >= 0.3 is 12.1 Å². The quantitative estimate of drug-likeness (QED) is 0.486. The Bertz CT molecular complexity index is 1030. The standard InChI is InChI=1S/C27H32N2O5/c1-3-27(2,25(31)32)16-28-24(30)23(14-17-12-13-17)29-26(33)34-15-22-20-10-6-4-8-18(20)19-9-5-7-11-21(19)22/h4-11,17,22-23H,3,12-16H2,1-2H3,(H,28,30)(H,29,33)(H,31,32). The highest BCUT2D eigenvalue weighted by Gasteiger charge is 2.35. The molecule has 0 saturated heterocycles. The van der Waals surface area contributed by atoms with Crippen molar-refractivity contribution in [2.45, 2.75) is 51.5 Å². The van der Waals surface area contributed by atoms with E-state index in [9.17, 15) is 19.5 Å². The summed E-state index contributed by atoms with van der Waals surface area (Å²) in [5.74, 6) is -1.00. The average molecular weight is 465 g/mol. The largest absolute Gasteiger partial charge is 0.481 e. The van der Waals surface area contributed by atoms with Gasteiger partial charge in [-0.05, 0) is 47.9 Å². The number of nitrogens with one attached hydrogen (secondary N) is 2. The van der Waals surface area contributed by atoms with Crippen molar-refractivity contribution in [2.24, 2.45) is 11.3 Å². The van der Waals surface area contributed by atoms with Crippen LogP contribution in [0.25, 0.3) is 11.1 Å². The predicted molar refractivity (Wildman–Crippen MR) is 128 cm³/mol. The second-order valence-electron chi connectivity index (χ2n) is 9.64. The molecule has 2 unspecified atom stereocenters. The van der Waals surface area contributed by atoms with E-state index in [4.69, 9.17) is 4.74 Å². The van der Waals surface area contributed by atoms with Gasteiger partial charge in [-0.2, -0.15) is 0 Å². The fraction of sp³-hybridized carbons (Fsp3) is 0.444. The maximum Gasteiger partial charge on any atom is 0.407 e. The van der Waals surface area contributed by atoms with Crippen LogP contribution < -0.4 is 10.6 Å². The van der Waals surface area contributed by atoms with Gasteiger partial charge in [-0.3, -0.25) is 9.59 Å². The second-order valence-corrected chi connectivity index (χ2v) is 9.64. The number of hydrogen-bond donors (Lipinski definition) is 3. The maximum atomic E-state index is 12.8. The van der Waals surface area contributed by atoms with Gasteiger partial charge in [0.15, 0.2) is 0 Å². The minimum atomic E-state index is -1.05. The monoisotopic (exact) mass is 464 g/mol. The zero-order valence-electron chi connectivity index (χ0n) is 19.7. The first kappa shape index (κ1) is 23.8. The molecule has 3 N–H and O–H groups in total. The van der Waals surface area contributed by atoms with Gasteiger partial charge in [-0.15, -0.1) is 0 Å². The SMILES string of the molecule is CCC(C)(CNC(=O)C(CC1CC1)NC(=O)OCC1c2ccccc2-c2ccccc21)C(=O)O. The third-order valence-corrected chi connectivity index (χ3v) is 7.17. The number of carboxylic acid groups (broad SMARTS) is 1. The van der Waals surface area contributed by atoms with E-state index in [0.717, 1.165) is 35.1 Å². The Hall–Kier alpha value is -3.35. The van der Waals surface area contributed by atoms with Crippen LogP contribution in [0.1, 0.15) is 56.6 Å². The van der Waals surface area contributed by atoms with Gasteiger partial charge < -0.3 is 20.5 Å². The van der Waals surface area contributed by atoms with E-state index < -0.39 is 23.5 Å². The molecule has 0 bridgehead atoms. The Balaban J connectivity index is 1.38. The number of fused-ring (bicyclic) bond motifs is 3. The summed E-state index contributed by atoms with van der Waals surface area (Å²) in [5, 5.41) is 14.9. The Labute approximate surface area is 199 Å². The van der Waals surface area contributed by atoms with E-state index in [2.05, 4.69) is 34.9 Å². The average Bonchev–Trinajstić information content (AvgIpc) is 3.61. The highest BCUT2D eigenvalue weighted by molar-refractivity contribution is 5.86. The molecular formula is C27H32N2O5. The molecule has 1 fully saturated rings. The van der Waals surface area contributed by atoms with Crippen LogP contribution in [0, 0.1) is 11.3 Å². The van der Waals surface area contributed by atoms with Crippen molar-refractivity contribution in [1.29, 1.82) is 0 Å². The van der Waals surface area contributed by atoms with Crippen molar-refractivity contribution in [1.82, 2.24) is 10.6 Å². The first-order valence-electron chi connectivity index (χ1n) is 11.9. The summed E-state index contributed by atoms with van der Waals surface area (Å²) in [5.41, 5.74) is 3.49. The first-order chi connectivity index (χ1) is 16.3. The van der Waals surface area contributed by atoms with Crippen LogP contribution in [0.2, 0.25) is 0 Å². The van der Waals surface area contributed by atoms with Crippen molar-refractivity contribution in [3.8, 4) is 11.1 Å². The highest BCUT2D eigenvalue weighted by atomic mass is 16.5. The van der Waals surface area contributed by atoms with Crippen LogP contribution in [-0.2, 0) is 14.3 Å². The van der Waals surface area contributed by atoms with E-state index in [0.29, 0.717) is 18.8 Å². The van der Waals surface area contributed by atoms with Crippen molar-refractivity contribution in [2.75, 3.05) is 13.2 Å². The van der Waals surface area contributed by atoms with Crippen LogP contribution in [0.15, 0.2) is 48.5 Å². The molecule has 0 aliphatic heterocycles. The number of amides is 2. The second kappa shape index (κ2) is 9.87. The Morgan fingerprint density at radius 3 is 2.18 bits per heavy atom. The number of alkyl carbamates (subject to hydrolysis) is 1. The van der Waals surface area contributed by atoms with Crippen molar-refractivity contribution < 1.29 is 24.2 Å². The molecule has 0 spiro atoms. The molecule has 2 atom stereocenters. The van der Waals surface area contributed by atoms with E-state index in [-0.39, 0.29) is 25.0 Å². The van der Waals surface area contributed by atoms with Crippen LogP contribution in [0.5, 0.6) is 0 Å². The molecule has 7 nitrogen and oxygen atoms in total. The first-order valence-corrected chi connectivity index (χ1v) is 11.9. The third-order valence-electron chi connectivity index (χ3n) is 7.17. The Morgan fingerprint density at radius 2 is 1.65 bits per heavy atom. The van der Waals surface area contributed by atoms with E-state index in [1.54, 1.807) is 13.8 Å². The van der Waals surface area contributed by atoms with Gasteiger partial charge in [-0.25, -0.2) is 4.79 Å². The number of carbonyl (C=O) groups excluding carboxylic acids is 2. The molecule has 2 aliphatic rings. The van der Waals surface area contributed by atoms with Crippen molar-refractivity contribution in [3.63, 3.8) is 0 Å². The lowest BCUT2D eigenvalue weighted by atomic mass is 9.87. The summed E-state index contributed by atoms with van der Waals surface area (Å²) in [6.45, 7) is 3.55. The van der Waals surface area contributed by atoms with Crippen LogP contribution >= 0.6 is 0 Å². The summed E-state index contributed by atoms with van der Waals surface area (Å²) in [4.78, 5) is 37.1. The molecule has 1 saturated carbocycles. The third kappa shape index (κ3) is 5.08. The topological polar surface area (TPSA) is 105 Å². The number of benzene rings is 2. The van der Waals surface area contributed by atoms with Crippen molar-refractivity contribution in [3.05, 3.63) is 59.7 Å². The number of rotatable bonds is 10. The Kier molecular flexibility index (Phi) is 6.91. The summed E-state index contributed by atoms with van der Waals surface area (Å²) in [6, 6.07) is 15.5. The molecule has 7 heteroatoms. The fourth-order valence-corrected chi connectivity index (χ4v) is 4.46. The zero-order valence-corrected chi connectivity index (χ0v) is 19.7. The number of carbonyl (C=O) groups is 3. The lowest BCUT2D eigenvalue weighted by molar-refractivity contribution is -0.148. The molecule has 2 aliphatic carbocycles. The van der Waals surface area contributed by atoms with Crippen LogP contribution in [0.4, 0.5) is 4.79 Å². The molecule has 2 amide bonds. The number of ether oxygens (including phenoxy) is 1. The zero-order chi connectivity index (χ0) is 24.3. The highest BCUT2D eigenvalue weighted by Crippen LogP contribution is 2.44. The molecule has 4 rings (SSSR count). The molecule has 180 valence electrons. The molecule has 34 heavy (non-hydrogen) atoms. The van der Waals surface area contributed by atoms with Crippen molar-refractivity contribution >= 4 is 18.0 Å². The summed E-state index contributed by atoms with van der Waals surface area (Å²) in [7, 11) is 0. The Morgan fingerprint density at radius 1 is 1.06 bits per heavy atom. The predicted octanol–water partition coefficient (Wildman–Crippen LogP) is 4.31. The molecule has 2 aromatic rings. The molecule has 2 aromatic carbocycles. The van der Waals surface area contributed by atoms with E-state index in [1.165, 1.54) is 0 Å². The fourth-order valence-electron chi connectivity index (χ4n) is 4.46. The van der Waals surface area contributed by atoms with Gasteiger partial charge in [0, 0.05) is 12.5 Å². The van der Waals surface area contributed by atoms with Gasteiger partial charge in [0.25, 0.3) is 0 Å². The number of aliphatic carboxylic acids is 1. The minimum Gasteiger partial charge on any atom is -0.481 e. The lowest BCUT2D eigenvalue weighted by Gasteiger charge is -2.25. The summed E-state index contributed by atoms with van der Waals surface area (Å²) >= 11 is 0. The molecule has 0 aromatic heterocycles. The van der Waals surface area contributed by atoms with Crippen LogP contribution in [0.3, 0.4) is 0 Å². The summed E-state index contributed by atoms with van der Waals surface area (Å²) < 4.78 is 5.60. The summed E-state index contributed by atoms with van der Waals surface area (Å²) in [6.07, 6.45) is 2.32. The number of carboxylic acids is 1. The molecule has 0 heterocycles. The van der Waals surface area contributed by atoms with Crippen LogP contribution in [-0.4, -0.2) is 42.3 Å². The van der Waals surface area contributed by atoms with E-state index in [1.807, 2.05) is 24.3 Å². The number of hydrogen-bond acceptors (Lipinski definition) is 4. The smallest absolute Gasteiger partial charge is 0.407 e. The minimum absolute atomic E-state index is 0.00516. The molecular weight excluding hydrogens is 432 g/mol. The van der Waals surface area contributed by atoms with E-state index >= 15 is 0 Å². The van der Waals surface area contributed by atoms with Gasteiger partial charge in [0.1, 0.15) is 12.6 Å².